The predicted octanol–water partition coefficient (Wildman–Crippen LogP) is 3.03. The lowest BCUT2D eigenvalue weighted by Crippen LogP contribution is -2.47. The quantitative estimate of drug-likeness (QED) is 0.309. The van der Waals surface area contributed by atoms with Gasteiger partial charge in [0.1, 0.15) is 23.9 Å². The fraction of sp³-hybridized carbons (Fsp3) is 0.370. The van der Waals surface area contributed by atoms with Gasteiger partial charge >= 0.3 is 0 Å². The van der Waals surface area contributed by atoms with Crippen LogP contribution in [0.3, 0.4) is 0 Å². The number of rotatable bonds is 8. The van der Waals surface area contributed by atoms with E-state index in [1.807, 2.05) is 27.8 Å². The molecule has 11 nitrogen and oxygen atoms in total. The molecule has 204 valence electrons. The number of piperazine rings is 1. The van der Waals surface area contributed by atoms with Gasteiger partial charge in [-0.05, 0) is 44.2 Å². The maximum atomic E-state index is 14.8. The van der Waals surface area contributed by atoms with Crippen molar-refractivity contribution in [3.05, 3.63) is 54.7 Å². The number of hydrogen-bond donors (Lipinski definition) is 2. The first-order valence-corrected chi connectivity index (χ1v) is 12.9. The van der Waals surface area contributed by atoms with Crippen molar-refractivity contribution in [2.75, 3.05) is 50.0 Å². The molecule has 3 N–H and O–H groups in total. The Balaban J connectivity index is 1.09. The standard InChI is InChI=1S/C27H31FN8O3/c1-27(2,37)17-39-18-5-6-22(20(28)14-18)34-10-7-33(8-11-34)9-12-35-25-19(16-30-35)23-15-21(24-4-3-13-38-24)32-36(23)26(29)31-25/h3-6,13-16,37H,7-12,17H2,1-2H3,(H2,29,31). The number of benzene rings is 1. The number of ether oxygens (including phenoxy) is 1. The van der Waals surface area contributed by atoms with Crippen LogP contribution in [0.1, 0.15) is 13.8 Å². The molecule has 0 spiro atoms. The Hall–Kier alpha value is -4.16. The van der Waals surface area contributed by atoms with Gasteiger partial charge in [-0.15, -0.1) is 0 Å². The molecule has 1 fully saturated rings. The number of nitrogen functional groups attached to an aromatic ring is 1. The minimum Gasteiger partial charge on any atom is -0.491 e. The van der Waals surface area contributed by atoms with Crippen LogP contribution in [0.15, 0.2) is 53.3 Å². The van der Waals surface area contributed by atoms with E-state index in [1.54, 1.807) is 43.0 Å². The van der Waals surface area contributed by atoms with Gasteiger partial charge in [0.05, 0.1) is 41.2 Å². The van der Waals surface area contributed by atoms with Crippen LogP contribution in [0.4, 0.5) is 16.0 Å². The summed E-state index contributed by atoms with van der Waals surface area (Å²) >= 11 is 0. The Bertz CT molecular complexity index is 1600. The van der Waals surface area contributed by atoms with Crippen LogP contribution in [-0.4, -0.2) is 79.3 Å². The highest BCUT2D eigenvalue weighted by Crippen LogP contribution is 2.28. The third kappa shape index (κ3) is 5.12. The highest BCUT2D eigenvalue weighted by atomic mass is 19.1. The van der Waals surface area contributed by atoms with Crippen LogP contribution in [0, 0.1) is 5.82 Å². The molecule has 4 aromatic heterocycles. The third-order valence-electron chi connectivity index (χ3n) is 6.86. The molecule has 0 saturated carbocycles. The monoisotopic (exact) mass is 534 g/mol. The van der Waals surface area contributed by atoms with E-state index in [0.29, 0.717) is 48.2 Å². The van der Waals surface area contributed by atoms with E-state index in [4.69, 9.17) is 14.9 Å². The van der Waals surface area contributed by atoms with Gasteiger partial charge < -0.3 is 24.9 Å². The first-order valence-electron chi connectivity index (χ1n) is 12.9. The zero-order valence-electron chi connectivity index (χ0n) is 21.9. The van der Waals surface area contributed by atoms with Gasteiger partial charge in [0.25, 0.3) is 0 Å². The zero-order chi connectivity index (χ0) is 27.1. The molecular weight excluding hydrogens is 503 g/mol. The molecule has 12 heteroatoms. The van der Waals surface area contributed by atoms with Gasteiger partial charge in [-0.25, -0.2) is 9.07 Å². The van der Waals surface area contributed by atoms with Crippen molar-refractivity contribution < 1.29 is 18.7 Å². The first-order chi connectivity index (χ1) is 18.7. The smallest absolute Gasteiger partial charge is 0.223 e. The average Bonchev–Trinajstić information content (AvgIpc) is 3.66. The lowest BCUT2D eigenvalue weighted by Gasteiger charge is -2.36. The molecule has 39 heavy (non-hydrogen) atoms. The van der Waals surface area contributed by atoms with Crippen molar-refractivity contribution in [2.24, 2.45) is 0 Å². The Morgan fingerprint density at radius 1 is 1.13 bits per heavy atom. The molecule has 0 amide bonds. The molecule has 6 rings (SSSR count). The maximum Gasteiger partial charge on any atom is 0.223 e. The first kappa shape index (κ1) is 25.1. The Labute approximate surface area is 224 Å². The van der Waals surface area contributed by atoms with Crippen LogP contribution >= 0.6 is 0 Å². The summed E-state index contributed by atoms with van der Waals surface area (Å²) in [6.45, 7) is 7.82. The highest BCUT2D eigenvalue weighted by Gasteiger charge is 2.22. The normalized spacial score (nSPS) is 15.0. The summed E-state index contributed by atoms with van der Waals surface area (Å²) in [4.78, 5) is 8.95. The summed E-state index contributed by atoms with van der Waals surface area (Å²) in [5, 5.41) is 19.8. The van der Waals surface area contributed by atoms with Gasteiger partial charge in [-0.1, -0.05) is 0 Å². The van der Waals surface area contributed by atoms with Gasteiger partial charge in [0.15, 0.2) is 11.4 Å². The van der Waals surface area contributed by atoms with Gasteiger partial charge in [0, 0.05) is 38.8 Å². The van der Waals surface area contributed by atoms with Gasteiger partial charge in [-0.3, -0.25) is 4.90 Å². The molecule has 0 aliphatic carbocycles. The molecule has 0 unspecified atom stereocenters. The fourth-order valence-electron chi connectivity index (χ4n) is 4.83. The summed E-state index contributed by atoms with van der Waals surface area (Å²) in [5.74, 6) is 1.02. The number of halogens is 1. The van der Waals surface area contributed by atoms with Crippen molar-refractivity contribution in [3.8, 4) is 17.2 Å². The van der Waals surface area contributed by atoms with E-state index >= 15 is 0 Å². The van der Waals surface area contributed by atoms with E-state index in [-0.39, 0.29) is 18.4 Å². The second-order valence-electron chi connectivity index (χ2n) is 10.4. The lowest BCUT2D eigenvalue weighted by atomic mass is 10.1. The summed E-state index contributed by atoms with van der Waals surface area (Å²) in [6.07, 6.45) is 3.40. The Morgan fingerprint density at radius 2 is 1.95 bits per heavy atom. The number of fused-ring (bicyclic) bond motifs is 3. The Kier molecular flexibility index (Phi) is 6.35. The van der Waals surface area contributed by atoms with Crippen LogP contribution in [-0.2, 0) is 6.54 Å². The van der Waals surface area contributed by atoms with Crippen LogP contribution in [0.5, 0.6) is 5.75 Å². The molecule has 0 bridgehead atoms. The molecule has 1 aromatic carbocycles. The largest absolute Gasteiger partial charge is 0.491 e. The number of anilines is 2. The summed E-state index contributed by atoms with van der Waals surface area (Å²) in [6, 6.07) is 10.5. The van der Waals surface area contributed by atoms with Crippen LogP contribution in [0.25, 0.3) is 28.0 Å². The topological polar surface area (TPSA) is 123 Å². The van der Waals surface area contributed by atoms with Gasteiger partial charge in [-0.2, -0.15) is 19.7 Å². The molecule has 0 radical (unpaired) electrons. The van der Waals surface area contributed by atoms with Crippen LogP contribution < -0.4 is 15.4 Å². The fourth-order valence-corrected chi connectivity index (χ4v) is 4.83. The SMILES string of the molecule is CC(C)(O)COc1ccc(N2CCN(CCn3ncc4c3nc(N)n3nc(-c5ccco5)cc43)CC2)c(F)c1. The summed E-state index contributed by atoms with van der Waals surface area (Å²) < 4.78 is 29.3. The number of aromatic nitrogens is 5. The number of nitrogens with two attached hydrogens (primary N) is 1. The van der Waals surface area contributed by atoms with E-state index in [2.05, 4.69) is 20.1 Å². The molecule has 1 aliphatic heterocycles. The summed E-state index contributed by atoms with van der Waals surface area (Å²) in [7, 11) is 0. The number of aliphatic hydroxyl groups is 1. The van der Waals surface area contributed by atoms with Gasteiger partial charge in [0.2, 0.25) is 5.95 Å². The molecule has 1 saturated heterocycles. The number of hydrogen-bond acceptors (Lipinski definition) is 9. The molecule has 0 atom stereocenters. The van der Waals surface area contributed by atoms with E-state index in [9.17, 15) is 9.50 Å². The minimum absolute atomic E-state index is 0.0947. The van der Waals surface area contributed by atoms with Crippen molar-refractivity contribution >= 4 is 28.2 Å². The van der Waals surface area contributed by atoms with E-state index in [0.717, 1.165) is 30.5 Å². The van der Waals surface area contributed by atoms with Crippen molar-refractivity contribution in [3.63, 3.8) is 0 Å². The lowest BCUT2D eigenvalue weighted by molar-refractivity contribution is 0.0284. The number of furan rings is 1. The van der Waals surface area contributed by atoms with Crippen LogP contribution in [0.2, 0.25) is 0 Å². The zero-order valence-corrected chi connectivity index (χ0v) is 21.9. The van der Waals surface area contributed by atoms with Crippen molar-refractivity contribution in [1.82, 2.24) is 29.3 Å². The van der Waals surface area contributed by atoms with E-state index < -0.39 is 5.60 Å². The molecule has 1 aliphatic rings. The average molecular weight is 535 g/mol. The van der Waals surface area contributed by atoms with Crippen molar-refractivity contribution in [2.45, 2.75) is 26.0 Å². The molecular formula is C27H31FN8O3. The second kappa shape index (κ2) is 9.86. The predicted molar refractivity (Wildman–Crippen MR) is 145 cm³/mol. The Morgan fingerprint density at radius 3 is 2.67 bits per heavy atom. The second-order valence-corrected chi connectivity index (χ2v) is 10.4. The van der Waals surface area contributed by atoms with Crippen molar-refractivity contribution in [1.29, 1.82) is 0 Å². The highest BCUT2D eigenvalue weighted by molar-refractivity contribution is 5.93. The third-order valence-corrected chi connectivity index (χ3v) is 6.86. The minimum atomic E-state index is -0.980. The summed E-state index contributed by atoms with van der Waals surface area (Å²) in [5.41, 5.74) is 8.02. The maximum absolute atomic E-state index is 14.8. The van der Waals surface area contributed by atoms with E-state index in [1.165, 1.54) is 6.07 Å². The number of nitrogens with zero attached hydrogens (tertiary/aromatic N) is 7. The molecule has 5 aromatic rings. The molecule has 5 heterocycles.